The van der Waals surface area contributed by atoms with Crippen molar-refractivity contribution in [2.24, 2.45) is 10.9 Å². The minimum Gasteiger partial charge on any atom is -0.465 e. The average molecular weight is 423 g/mol. The van der Waals surface area contributed by atoms with E-state index in [0.29, 0.717) is 17.4 Å². The van der Waals surface area contributed by atoms with E-state index >= 15 is 0 Å². The van der Waals surface area contributed by atoms with Crippen LogP contribution in [0.2, 0.25) is 5.02 Å². The maximum absolute atomic E-state index is 12.5. The van der Waals surface area contributed by atoms with Crippen LogP contribution in [0.5, 0.6) is 0 Å². The first-order valence-corrected chi connectivity index (χ1v) is 10.4. The predicted octanol–water partition coefficient (Wildman–Crippen LogP) is 5.78. The van der Waals surface area contributed by atoms with Gasteiger partial charge >= 0.3 is 5.97 Å². The molecule has 3 aromatic rings. The summed E-state index contributed by atoms with van der Waals surface area (Å²) in [5.41, 5.74) is 5.31. The highest BCUT2D eigenvalue weighted by Gasteiger charge is 2.31. The van der Waals surface area contributed by atoms with E-state index in [2.05, 4.69) is 5.16 Å². The SMILES string of the molecule is Cc1noc2c1-c1ccccc1C(c1ccc(Cl)cc1)=N[C@@H]2CC(=O)OCC(C)C. The highest BCUT2D eigenvalue weighted by atomic mass is 35.5. The first-order chi connectivity index (χ1) is 14.4. The molecule has 0 N–H and O–H groups in total. The number of carbonyl (C=O) groups excluding carboxylic acids is 1. The molecule has 0 aliphatic carbocycles. The van der Waals surface area contributed by atoms with Gasteiger partial charge in [-0.05, 0) is 30.5 Å². The minimum absolute atomic E-state index is 0.0828. The van der Waals surface area contributed by atoms with Gasteiger partial charge < -0.3 is 9.26 Å². The Morgan fingerprint density at radius 2 is 1.83 bits per heavy atom. The van der Waals surface area contributed by atoms with Gasteiger partial charge in [-0.25, -0.2) is 0 Å². The molecule has 2 aromatic carbocycles. The second kappa shape index (κ2) is 8.44. The number of nitrogens with zero attached hydrogens (tertiary/aromatic N) is 2. The number of halogens is 1. The molecule has 6 heteroatoms. The van der Waals surface area contributed by atoms with Gasteiger partial charge in [-0.3, -0.25) is 9.79 Å². The average Bonchev–Trinajstić information content (AvgIpc) is 3.05. The lowest BCUT2D eigenvalue weighted by atomic mass is 9.93. The Labute approximate surface area is 180 Å². The lowest BCUT2D eigenvalue weighted by Gasteiger charge is -2.13. The Kier molecular flexibility index (Phi) is 5.73. The summed E-state index contributed by atoms with van der Waals surface area (Å²) in [5.74, 6) is 0.549. The number of hydrogen-bond acceptors (Lipinski definition) is 5. The summed E-state index contributed by atoms with van der Waals surface area (Å²) < 4.78 is 11.1. The quantitative estimate of drug-likeness (QED) is 0.488. The van der Waals surface area contributed by atoms with Gasteiger partial charge in [0.2, 0.25) is 0 Å². The number of carbonyl (C=O) groups is 1. The predicted molar refractivity (Wildman–Crippen MR) is 117 cm³/mol. The van der Waals surface area contributed by atoms with Crippen LogP contribution in [0, 0.1) is 12.8 Å². The number of benzene rings is 2. The van der Waals surface area contributed by atoms with Crippen LogP contribution < -0.4 is 0 Å². The minimum atomic E-state index is -0.529. The van der Waals surface area contributed by atoms with Gasteiger partial charge in [-0.2, -0.15) is 0 Å². The summed E-state index contributed by atoms with van der Waals surface area (Å²) in [4.78, 5) is 17.5. The number of aryl methyl sites for hydroxylation is 1. The Hall–Kier alpha value is -2.92. The molecule has 154 valence electrons. The fraction of sp³-hybridized carbons (Fsp3) is 0.292. The molecule has 1 aliphatic rings. The van der Waals surface area contributed by atoms with Crippen molar-refractivity contribution in [1.82, 2.24) is 5.16 Å². The maximum atomic E-state index is 12.5. The van der Waals surface area contributed by atoms with Gasteiger partial charge in [-0.15, -0.1) is 0 Å². The standard InChI is InChI=1S/C24H23ClN2O3/c1-14(2)13-29-21(28)12-20-24-22(15(3)27-30-24)18-6-4-5-7-19(18)23(26-20)16-8-10-17(25)11-9-16/h4-11,14,20H,12-13H2,1-3H3/t20-/m1/s1. The zero-order valence-corrected chi connectivity index (χ0v) is 17.9. The third-order valence-corrected chi connectivity index (χ3v) is 5.24. The molecule has 1 aromatic heterocycles. The summed E-state index contributed by atoms with van der Waals surface area (Å²) >= 11 is 6.09. The van der Waals surface area contributed by atoms with Gasteiger partial charge in [0.05, 0.1) is 30.0 Å². The third kappa shape index (κ3) is 4.03. The number of aliphatic imine (C=N–C) groups is 1. The highest BCUT2D eigenvalue weighted by molar-refractivity contribution is 6.30. The molecular weight excluding hydrogens is 400 g/mol. The topological polar surface area (TPSA) is 64.7 Å². The van der Waals surface area contributed by atoms with E-state index in [1.165, 1.54) is 0 Å². The van der Waals surface area contributed by atoms with E-state index in [1.54, 1.807) is 0 Å². The number of rotatable bonds is 5. The van der Waals surface area contributed by atoms with Crippen molar-refractivity contribution < 1.29 is 14.1 Å². The second-order valence-corrected chi connectivity index (χ2v) is 8.27. The van der Waals surface area contributed by atoms with Gasteiger partial charge in [-0.1, -0.05) is 67.0 Å². The van der Waals surface area contributed by atoms with Crippen LogP contribution in [0.1, 0.15) is 48.9 Å². The van der Waals surface area contributed by atoms with Crippen LogP contribution in [0.15, 0.2) is 58.0 Å². The normalized spacial score (nSPS) is 15.2. The third-order valence-electron chi connectivity index (χ3n) is 4.98. The monoisotopic (exact) mass is 422 g/mol. The van der Waals surface area contributed by atoms with Crippen molar-refractivity contribution >= 4 is 23.3 Å². The zero-order chi connectivity index (χ0) is 21.3. The molecule has 0 fully saturated rings. The zero-order valence-electron chi connectivity index (χ0n) is 17.2. The first-order valence-electron chi connectivity index (χ1n) is 9.99. The fourth-order valence-corrected chi connectivity index (χ4v) is 3.71. The lowest BCUT2D eigenvalue weighted by Crippen LogP contribution is -2.14. The molecule has 0 saturated heterocycles. The Bertz CT molecular complexity index is 1100. The molecule has 1 aliphatic heterocycles. The van der Waals surface area contributed by atoms with E-state index in [9.17, 15) is 4.79 Å². The molecule has 1 atom stereocenters. The Morgan fingerprint density at radius 1 is 1.13 bits per heavy atom. The Balaban J connectivity index is 1.83. The smallest absolute Gasteiger partial charge is 0.308 e. The van der Waals surface area contributed by atoms with Crippen molar-refractivity contribution in [1.29, 1.82) is 0 Å². The van der Waals surface area contributed by atoms with Crippen molar-refractivity contribution in [2.45, 2.75) is 33.2 Å². The van der Waals surface area contributed by atoms with E-state index in [4.69, 9.17) is 25.9 Å². The number of esters is 1. The van der Waals surface area contributed by atoms with E-state index < -0.39 is 6.04 Å². The molecule has 2 heterocycles. The first kappa shape index (κ1) is 20.4. The fourth-order valence-electron chi connectivity index (χ4n) is 3.59. The number of fused-ring (bicyclic) bond motifs is 3. The van der Waals surface area contributed by atoms with Crippen LogP contribution in [0.3, 0.4) is 0 Å². The number of hydrogen-bond donors (Lipinski definition) is 0. The molecule has 0 bridgehead atoms. The van der Waals surface area contributed by atoms with E-state index in [1.807, 2.05) is 69.3 Å². The summed E-state index contributed by atoms with van der Waals surface area (Å²) in [6.45, 7) is 6.29. The molecule has 0 saturated carbocycles. The van der Waals surface area contributed by atoms with Gasteiger partial charge in [0, 0.05) is 16.1 Å². The summed E-state index contributed by atoms with van der Waals surface area (Å²) in [5, 5.41) is 4.82. The van der Waals surface area contributed by atoms with Crippen LogP contribution in [-0.4, -0.2) is 23.4 Å². The lowest BCUT2D eigenvalue weighted by molar-refractivity contribution is -0.145. The number of ether oxygens (including phenoxy) is 1. The summed E-state index contributed by atoms with van der Waals surface area (Å²) in [6.07, 6.45) is 0.0828. The molecule has 5 nitrogen and oxygen atoms in total. The van der Waals surface area contributed by atoms with Crippen LogP contribution >= 0.6 is 11.6 Å². The molecule has 0 spiro atoms. The summed E-state index contributed by atoms with van der Waals surface area (Å²) in [6, 6.07) is 15.0. The van der Waals surface area contributed by atoms with Gasteiger partial charge in [0.1, 0.15) is 6.04 Å². The van der Waals surface area contributed by atoms with Crippen LogP contribution in [-0.2, 0) is 9.53 Å². The number of aromatic nitrogens is 1. The van der Waals surface area contributed by atoms with Crippen LogP contribution in [0.4, 0.5) is 0 Å². The van der Waals surface area contributed by atoms with E-state index in [0.717, 1.165) is 33.7 Å². The van der Waals surface area contributed by atoms with Crippen molar-refractivity contribution in [3.05, 3.63) is 76.1 Å². The molecule has 4 rings (SSSR count). The van der Waals surface area contributed by atoms with Gasteiger partial charge in [0.15, 0.2) is 5.76 Å². The Morgan fingerprint density at radius 3 is 2.53 bits per heavy atom. The van der Waals surface area contributed by atoms with Crippen LogP contribution in [0.25, 0.3) is 11.1 Å². The van der Waals surface area contributed by atoms with Crippen molar-refractivity contribution in [3.8, 4) is 11.1 Å². The van der Waals surface area contributed by atoms with E-state index in [-0.39, 0.29) is 18.3 Å². The molecule has 30 heavy (non-hydrogen) atoms. The van der Waals surface area contributed by atoms with Gasteiger partial charge in [0.25, 0.3) is 0 Å². The largest absolute Gasteiger partial charge is 0.465 e. The molecule has 0 amide bonds. The maximum Gasteiger partial charge on any atom is 0.308 e. The van der Waals surface area contributed by atoms with Crippen molar-refractivity contribution in [2.75, 3.05) is 6.61 Å². The second-order valence-electron chi connectivity index (χ2n) is 7.83. The molecule has 0 unspecified atom stereocenters. The van der Waals surface area contributed by atoms with Crippen molar-refractivity contribution in [3.63, 3.8) is 0 Å². The molecule has 0 radical (unpaired) electrons. The highest BCUT2D eigenvalue weighted by Crippen LogP contribution is 2.40. The molecular formula is C24H23ClN2O3. The summed E-state index contributed by atoms with van der Waals surface area (Å²) in [7, 11) is 0.